The average molecular weight is 461 g/mol. The van der Waals surface area contributed by atoms with E-state index in [0.717, 1.165) is 15.9 Å². The highest BCUT2D eigenvalue weighted by molar-refractivity contribution is 7.20. The lowest BCUT2D eigenvalue weighted by molar-refractivity contribution is -0.118. The fourth-order valence-corrected chi connectivity index (χ4v) is 4.38. The van der Waals surface area contributed by atoms with Gasteiger partial charge in [-0.15, -0.1) is 0 Å². The van der Waals surface area contributed by atoms with Crippen LogP contribution in [0.2, 0.25) is 10.0 Å². The van der Waals surface area contributed by atoms with Crippen LogP contribution in [0.3, 0.4) is 0 Å². The van der Waals surface area contributed by atoms with E-state index in [2.05, 4.69) is 41.4 Å². The van der Waals surface area contributed by atoms with Crippen LogP contribution in [0.25, 0.3) is 15.3 Å². The zero-order chi connectivity index (χ0) is 21.4. The molecule has 0 aliphatic carbocycles. The van der Waals surface area contributed by atoms with E-state index in [9.17, 15) is 4.79 Å². The van der Waals surface area contributed by atoms with Crippen molar-refractivity contribution in [3.05, 3.63) is 63.3 Å². The number of aromatic nitrogens is 3. The van der Waals surface area contributed by atoms with Crippen LogP contribution >= 0.6 is 34.5 Å². The Hall–Kier alpha value is -2.61. The number of hydrogen-bond acceptors (Lipinski definition) is 5. The predicted molar refractivity (Wildman–Crippen MR) is 122 cm³/mol. The van der Waals surface area contributed by atoms with Gasteiger partial charge in [0.25, 0.3) is 5.91 Å². The van der Waals surface area contributed by atoms with Gasteiger partial charge < -0.3 is 10.1 Å². The van der Waals surface area contributed by atoms with Crippen LogP contribution in [-0.2, 0) is 4.79 Å². The highest BCUT2D eigenvalue weighted by Gasteiger charge is 2.16. The van der Waals surface area contributed by atoms with E-state index in [4.69, 9.17) is 27.9 Å². The van der Waals surface area contributed by atoms with Crippen molar-refractivity contribution >= 4 is 56.5 Å². The molecule has 1 N–H and O–H groups in total. The zero-order valence-corrected chi connectivity index (χ0v) is 18.8. The molecule has 2 heterocycles. The summed E-state index contributed by atoms with van der Waals surface area (Å²) in [6.45, 7) is 5.79. The van der Waals surface area contributed by atoms with Crippen LogP contribution in [0, 0.1) is 20.8 Å². The number of aryl methyl sites for hydroxylation is 3. The fourth-order valence-electron chi connectivity index (χ4n) is 2.91. The number of carbonyl (C=O) groups is 1. The summed E-state index contributed by atoms with van der Waals surface area (Å²) in [5, 5.41) is 8.84. The molecule has 9 heteroatoms. The van der Waals surface area contributed by atoms with Gasteiger partial charge in [0.15, 0.2) is 6.61 Å². The van der Waals surface area contributed by atoms with E-state index in [1.54, 1.807) is 28.9 Å². The topological polar surface area (TPSA) is 69.0 Å². The maximum Gasteiger partial charge on any atom is 0.263 e. The number of thiazole rings is 1. The molecule has 2 aromatic heterocycles. The second kappa shape index (κ2) is 8.26. The van der Waals surface area contributed by atoms with Crippen LogP contribution in [0.4, 0.5) is 5.82 Å². The van der Waals surface area contributed by atoms with Crippen molar-refractivity contribution in [1.29, 1.82) is 0 Å². The van der Waals surface area contributed by atoms with E-state index in [1.807, 2.05) is 6.92 Å². The molecule has 4 aromatic rings. The van der Waals surface area contributed by atoms with Crippen LogP contribution in [0.15, 0.2) is 36.4 Å². The zero-order valence-electron chi connectivity index (χ0n) is 16.5. The van der Waals surface area contributed by atoms with Gasteiger partial charge in [-0.3, -0.25) is 4.79 Å². The second-order valence-corrected chi connectivity index (χ2v) is 8.75. The largest absolute Gasteiger partial charge is 0.482 e. The van der Waals surface area contributed by atoms with Gasteiger partial charge in [0.1, 0.15) is 11.6 Å². The van der Waals surface area contributed by atoms with Crippen molar-refractivity contribution in [1.82, 2.24) is 14.8 Å². The molecule has 0 unspecified atom stereocenters. The highest BCUT2D eigenvalue weighted by Crippen LogP contribution is 2.30. The molecule has 2 aromatic carbocycles. The normalized spacial score (nSPS) is 11.1. The Kier molecular flexibility index (Phi) is 5.69. The Morgan fingerprint density at radius 1 is 1.13 bits per heavy atom. The molecule has 0 fully saturated rings. The number of nitrogens with one attached hydrogen (secondary N) is 1. The molecular weight excluding hydrogens is 443 g/mol. The lowest BCUT2D eigenvalue weighted by atomic mass is 10.1. The van der Waals surface area contributed by atoms with Crippen LogP contribution < -0.4 is 10.1 Å². The van der Waals surface area contributed by atoms with Gasteiger partial charge in [-0.05, 0) is 62.2 Å². The standard InChI is InChI=1S/C21H18Cl2N4O2S/c1-11-6-16-18(7-12(11)2)30-21(24-16)27-19(8-13(3)26-27)25-20(28)10-29-17-5-4-14(22)9-15(17)23/h4-9H,10H2,1-3H3,(H,25,28). The summed E-state index contributed by atoms with van der Waals surface area (Å²) < 4.78 is 8.21. The van der Waals surface area contributed by atoms with E-state index >= 15 is 0 Å². The summed E-state index contributed by atoms with van der Waals surface area (Å²) in [4.78, 5) is 17.1. The minimum atomic E-state index is -0.338. The van der Waals surface area contributed by atoms with Gasteiger partial charge in [-0.25, -0.2) is 4.98 Å². The van der Waals surface area contributed by atoms with Gasteiger partial charge in [0, 0.05) is 11.1 Å². The number of anilines is 1. The molecule has 6 nitrogen and oxygen atoms in total. The molecule has 1 amide bonds. The minimum absolute atomic E-state index is 0.205. The summed E-state index contributed by atoms with van der Waals surface area (Å²) in [5.74, 6) is 0.573. The van der Waals surface area contributed by atoms with Crippen molar-refractivity contribution in [3.63, 3.8) is 0 Å². The summed E-state index contributed by atoms with van der Waals surface area (Å²) in [5.41, 5.74) is 4.06. The first-order valence-corrected chi connectivity index (χ1v) is 10.7. The van der Waals surface area contributed by atoms with Gasteiger partial charge in [0.2, 0.25) is 5.13 Å². The minimum Gasteiger partial charge on any atom is -0.482 e. The van der Waals surface area contributed by atoms with E-state index in [0.29, 0.717) is 26.7 Å². The van der Waals surface area contributed by atoms with Crippen molar-refractivity contribution in [2.45, 2.75) is 20.8 Å². The number of rotatable bonds is 5. The smallest absolute Gasteiger partial charge is 0.263 e. The molecule has 0 spiro atoms. The quantitative estimate of drug-likeness (QED) is 0.412. The third-order valence-corrected chi connectivity index (χ3v) is 6.05. The van der Waals surface area contributed by atoms with E-state index in [1.165, 1.54) is 22.5 Å². The van der Waals surface area contributed by atoms with Crippen molar-refractivity contribution in [3.8, 4) is 10.9 Å². The lowest BCUT2D eigenvalue weighted by Crippen LogP contribution is -2.22. The number of nitrogens with zero attached hydrogens (tertiary/aromatic N) is 3. The number of ether oxygens (including phenoxy) is 1. The average Bonchev–Trinajstić information content (AvgIpc) is 3.24. The second-order valence-electron chi connectivity index (χ2n) is 6.89. The number of fused-ring (bicyclic) bond motifs is 1. The molecule has 0 bridgehead atoms. The van der Waals surface area contributed by atoms with Gasteiger partial charge in [-0.1, -0.05) is 34.5 Å². The maximum atomic E-state index is 12.5. The monoisotopic (exact) mass is 460 g/mol. The summed E-state index contributed by atoms with van der Waals surface area (Å²) in [7, 11) is 0. The van der Waals surface area contributed by atoms with Crippen molar-refractivity contribution in [2.75, 3.05) is 11.9 Å². The first kappa shape index (κ1) is 20.7. The molecule has 4 rings (SSSR count). The number of carbonyl (C=O) groups excluding carboxylic acids is 1. The molecule has 30 heavy (non-hydrogen) atoms. The molecule has 154 valence electrons. The van der Waals surface area contributed by atoms with Gasteiger partial charge in [-0.2, -0.15) is 9.78 Å². The molecule has 0 radical (unpaired) electrons. The molecule has 0 aliphatic rings. The highest BCUT2D eigenvalue weighted by atomic mass is 35.5. The SMILES string of the molecule is Cc1cc(NC(=O)COc2ccc(Cl)cc2Cl)n(-c2nc3cc(C)c(C)cc3s2)n1. The van der Waals surface area contributed by atoms with Crippen molar-refractivity contribution < 1.29 is 9.53 Å². The molecular formula is C21H18Cl2N4O2S. The van der Waals surface area contributed by atoms with E-state index in [-0.39, 0.29) is 12.5 Å². The van der Waals surface area contributed by atoms with Gasteiger partial charge >= 0.3 is 0 Å². The predicted octanol–water partition coefficient (Wildman–Crippen LogP) is 5.73. The number of halogens is 2. The van der Waals surface area contributed by atoms with Crippen LogP contribution in [0.1, 0.15) is 16.8 Å². The Morgan fingerprint density at radius 3 is 2.67 bits per heavy atom. The van der Waals surface area contributed by atoms with Gasteiger partial charge in [0.05, 0.1) is 20.9 Å². The number of amides is 1. The third kappa shape index (κ3) is 4.28. The molecule has 0 saturated carbocycles. The van der Waals surface area contributed by atoms with Crippen molar-refractivity contribution in [2.24, 2.45) is 0 Å². The molecule has 0 saturated heterocycles. The summed E-state index contributed by atoms with van der Waals surface area (Å²) in [6.07, 6.45) is 0. The van der Waals surface area contributed by atoms with Crippen LogP contribution in [0.5, 0.6) is 5.75 Å². The van der Waals surface area contributed by atoms with Crippen LogP contribution in [-0.4, -0.2) is 27.3 Å². The Labute approximate surface area is 187 Å². The summed E-state index contributed by atoms with van der Waals surface area (Å²) in [6, 6.07) is 10.8. The number of benzene rings is 2. The fraction of sp³-hybridized carbons (Fsp3) is 0.190. The molecule has 0 atom stereocenters. The Balaban J connectivity index is 1.54. The third-order valence-electron chi connectivity index (χ3n) is 4.53. The molecule has 0 aliphatic heterocycles. The van der Waals surface area contributed by atoms with E-state index < -0.39 is 0 Å². The Bertz CT molecular complexity index is 1230. The summed E-state index contributed by atoms with van der Waals surface area (Å²) >= 11 is 13.5. The Morgan fingerprint density at radius 2 is 1.90 bits per heavy atom. The lowest BCUT2D eigenvalue weighted by Gasteiger charge is -2.09. The maximum absolute atomic E-state index is 12.5. The number of hydrogen-bond donors (Lipinski definition) is 1. The first-order chi connectivity index (χ1) is 14.3. The first-order valence-electron chi connectivity index (χ1n) is 9.12.